The summed E-state index contributed by atoms with van der Waals surface area (Å²) in [5, 5.41) is 21.2. The third kappa shape index (κ3) is 7.50. The lowest BCUT2D eigenvalue weighted by Crippen LogP contribution is -2.59. The number of hydrogen-bond donors (Lipinski definition) is 5. The summed E-state index contributed by atoms with van der Waals surface area (Å²) in [4.78, 5) is 52.8. The van der Waals surface area contributed by atoms with Crippen molar-refractivity contribution < 1.29 is 24.3 Å². The number of carbonyl (C=O) groups is 4. The summed E-state index contributed by atoms with van der Waals surface area (Å²) in [6, 6.07) is 5.73. The predicted octanol–water partition coefficient (Wildman–Crippen LogP) is 0.0806. The van der Waals surface area contributed by atoms with E-state index in [-0.39, 0.29) is 31.4 Å². The molecular formula is C25H39N5O5. The Morgan fingerprint density at radius 3 is 2.26 bits per heavy atom. The van der Waals surface area contributed by atoms with E-state index < -0.39 is 47.4 Å². The average Bonchev–Trinajstić information content (AvgIpc) is 3.22. The number of likely N-dealkylation sites (tertiary alicyclic amines) is 1. The van der Waals surface area contributed by atoms with Crippen LogP contribution in [-0.4, -0.2) is 78.0 Å². The van der Waals surface area contributed by atoms with Gasteiger partial charge in [-0.25, -0.2) is 0 Å². The third-order valence-corrected chi connectivity index (χ3v) is 6.22. The number of hydrogen-bond acceptors (Lipinski definition) is 6. The first-order valence-electron chi connectivity index (χ1n) is 11.9. The van der Waals surface area contributed by atoms with Crippen molar-refractivity contribution in [2.24, 2.45) is 5.41 Å². The number of amides is 4. The monoisotopic (exact) mass is 489 g/mol. The van der Waals surface area contributed by atoms with Gasteiger partial charge in [-0.05, 0) is 31.4 Å². The van der Waals surface area contributed by atoms with Crippen molar-refractivity contribution in [3.63, 3.8) is 0 Å². The minimum atomic E-state index is -0.889. The van der Waals surface area contributed by atoms with E-state index in [1.165, 1.54) is 11.8 Å². The van der Waals surface area contributed by atoms with Gasteiger partial charge in [0.2, 0.25) is 23.6 Å². The lowest BCUT2D eigenvalue weighted by Gasteiger charge is -2.36. The number of nitrogens with zero attached hydrogens (tertiary/aromatic N) is 1. The zero-order valence-corrected chi connectivity index (χ0v) is 21.4. The topological polar surface area (TPSA) is 140 Å². The van der Waals surface area contributed by atoms with Crippen molar-refractivity contribution in [3.8, 4) is 0 Å². The Balaban J connectivity index is 2.31. The fourth-order valence-corrected chi connectivity index (χ4v) is 4.12. The highest BCUT2D eigenvalue weighted by Crippen LogP contribution is 2.27. The lowest BCUT2D eigenvalue weighted by atomic mass is 9.85. The zero-order valence-electron chi connectivity index (χ0n) is 21.4. The van der Waals surface area contributed by atoms with Crippen LogP contribution in [-0.2, 0) is 19.2 Å². The van der Waals surface area contributed by atoms with E-state index >= 15 is 0 Å². The molecule has 10 heteroatoms. The second kappa shape index (κ2) is 12.1. The summed E-state index contributed by atoms with van der Waals surface area (Å²) in [6.07, 6.45) is 0.224. The molecule has 0 unspecified atom stereocenters. The first-order valence-corrected chi connectivity index (χ1v) is 11.9. The van der Waals surface area contributed by atoms with Crippen LogP contribution in [0.3, 0.4) is 0 Å². The Hall–Kier alpha value is -2.98. The van der Waals surface area contributed by atoms with Crippen molar-refractivity contribution in [2.75, 3.05) is 20.2 Å². The van der Waals surface area contributed by atoms with Crippen LogP contribution >= 0.6 is 0 Å². The third-order valence-electron chi connectivity index (χ3n) is 6.22. The van der Waals surface area contributed by atoms with Gasteiger partial charge in [-0.3, -0.25) is 19.2 Å². The molecule has 5 atom stereocenters. The molecule has 10 nitrogen and oxygen atoms in total. The predicted molar refractivity (Wildman–Crippen MR) is 132 cm³/mol. The molecular weight excluding hydrogens is 450 g/mol. The van der Waals surface area contributed by atoms with Crippen molar-refractivity contribution in [2.45, 2.75) is 71.2 Å². The van der Waals surface area contributed by atoms with Crippen molar-refractivity contribution in [1.29, 1.82) is 0 Å². The quantitative estimate of drug-likeness (QED) is 0.333. The normalized spacial score (nSPS) is 20.5. The van der Waals surface area contributed by atoms with Crippen molar-refractivity contribution in [3.05, 3.63) is 35.9 Å². The highest BCUT2D eigenvalue weighted by atomic mass is 16.3. The van der Waals surface area contributed by atoms with Crippen LogP contribution in [0.15, 0.2) is 30.3 Å². The molecule has 0 aromatic heterocycles. The molecule has 0 bridgehead atoms. The average molecular weight is 490 g/mol. The van der Waals surface area contributed by atoms with Crippen LogP contribution < -0.4 is 21.3 Å². The Morgan fingerprint density at radius 2 is 1.74 bits per heavy atom. The van der Waals surface area contributed by atoms with E-state index in [9.17, 15) is 24.3 Å². The van der Waals surface area contributed by atoms with Crippen LogP contribution in [0, 0.1) is 5.41 Å². The highest BCUT2D eigenvalue weighted by Gasteiger charge is 2.45. The van der Waals surface area contributed by atoms with Gasteiger partial charge in [-0.1, -0.05) is 51.1 Å². The van der Waals surface area contributed by atoms with Gasteiger partial charge in [0.15, 0.2) is 0 Å². The summed E-state index contributed by atoms with van der Waals surface area (Å²) in [5.41, 5.74) is 0.101. The molecule has 1 fully saturated rings. The molecule has 1 heterocycles. The smallest absolute Gasteiger partial charge is 0.246 e. The molecule has 2 rings (SSSR count). The highest BCUT2D eigenvalue weighted by molar-refractivity contribution is 5.94. The van der Waals surface area contributed by atoms with Gasteiger partial charge in [0.1, 0.15) is 12.1 Å². The van der Waals surface area contributed by atoms with Crippen LogP contribution in [0.25, 0.3) is 0 Å². The van der Waals surface area contributed by atoms with Gasteiger partial charge >= 0.3 is 0 Å². The summed E-state index contributed by atoms with van der Waals surface area (Å²) >= 11 is 0. The van der Waals surface area contributed by atoms with Gasteiger partial charge in [-0.2, -0.15) is 0 Å². The van der Waals surface area contributed by atoms with Crippen molar-refractivity contribution in [1.82, 2.24) is 26.2 Å². The fourth-order valence-electron chi connectivity index (χ4n) is 4.12. The van der Waals surface area contributed by atoms with E-state index in [1.807, 2.05) is 39.0 Å². The van der Waals surface area contributed by atoms with E-state index in [2.05, 4.69) is 21.3 Å². The first-order chi connectivity index (χ1) is 16.4. The summed E-state index contributed by atoms with van der Waals surface area (Å²) < 4.78 is 0. The maximum Gasteiger partial charge on any atom is 0.246 e. The van der Waals surface area contributed by atoms with Gasteiger partial charge in [0.25, 0.3) is 0 Å². The number of carbonyl (C=O) groups excluding carboxylic acids is 4. The van der Waals surface area contributed by atoms with E-state index in [0.717, 1.165) is 5.56 Å². The summed E-state index contributed by atoms with van der Waals surface area (Å²) in [7, 11) is 1.65. The van der Waals surface area contributed by atoms with Crippen LogP contribution in [0.2, 0.25) is 0 Å². The molecule has 1 aromatic carbocycles. The summed E-state index contributed by atoms with van der Waals surface area (Å²) in [6.45, 7) is 8.42. The molecule has 1 aromatic rings. The molecule has 194 valence electrons. The lowest BCUT2D eigenvalue weighted by molar-refractivity contribution is -0.144. The molecule has 5 N–H and O–H groups in total. The molecule has 1 aliphatic rings. The number of benzene rings is 1. The number of aliphatic hydroxyl groups is 1. The molecule has 0 radical (unpaired) electrons. The number of nitrogens with one attached hydrogen (secondary N) is 4. The first kappa shape index (κ1) is 28.3. The van der Waals surface area contributed by atoms with E-state index in [4.69, 9.17) is 0 Å². The molecule has 35 heavy (non-hydrogen) atoms. The molecule has 4 amide bonds. The van der Waals surface area contributed by atoms with Gasteiger partial charge in [-0.15, -0.1) is 0 Å². The largest absolute Gasteiger partial charge is 0.394 e. The minimum Gasteiger partial charge on any atom is -0.394 e. The maximum atomic E-state index is 13.8. The second-order valence-corrected chi connectivity index (χ2v) is 10.1. The molecule has 0 spiro atoms. The number of aliphatic hydroxyl groups excluding tert-OH is 1. The molecule has 0 aliphatic carbocycles. The Labute approximate surface area is 207 Å². The second-order valence-electron chi connectivity index (χ2n) is 10.1. The maximum absolute atomic E-state index is 13.8. The minimum absolute atomic E-state index is 0.135. The van der Waals surface area contributed by atoms with Crippen LogP contribution in [0.5, 0.6) is 0 Å². The number of likely N-dealkylation sites (N-methyl/N-ethyl adjacent to an activating group) is 1. The van der Waals surface area contributed by atoms with Gasteiger partial charge in [0.05, 0.1) is 18.7 Å². The Kier molecular flexibility index (Phi) is 9.79. The molecule has 1 aliphatic heterocycles. The molecule has 1 saturated heterocycles. The summed E-state index contributed by atoms with van der Waals surface area (Å²) in [5.74, 6) is -1.42. The number of rotatable bonds is 9. The van der Waals surface area contributed by atoms with E-state index in [1.54, 1.807) is 26.1 Å². The molecule has 0 saturated carbocycles. The van der Waals surface area contributed by atoms with Gasteiger partial charge in [0, 0.05) is 19.5 Å². The fraction of sp³-hybridized carbons (Fsp3) is 0.600. The van der Waals surface area contributed by atoms with Crippen LogP contribution in [0.1, 0.15) is 52.6 Å². The van der Waals surface area contributed by atoms with Crippen molar-refractivity contribution >= 4 is 23.6 Å². The standard InChI is InChI=1S/C25H39N5O5/c1-15(26-6)22(33)29-21(25(3,4)5)24(35)30-13-18(27-16(2)32)12-20(30)23(34)28-19(14-31)17-10-8-7-9-11-17/h7-11,15,18-21,26,31H,12-14H2,1-6H3,(H,27,32)(H,28,34)(H,29,33)/t15-,18-,19-,20-,21+/m0/s1. The zero-order chi connectivity index (χ0) is 26.3. The van der Waals surface area contributed by atoms with Crippen LogP contribution in [0.4, 0.5) is 0 Å². The SMILES string of the molecule is CN[C@@H](C)C(=O)N[C@H](C(=O)N1C[C@@H](NC(C)=O)C[C@H]1C(=O)N[C@@H](CO)c1ccccc1)C(C)(C)C. The van der Waals surface area contributed by atoms with E-state index in [0.29, 0.717) is 0 Å². The Morgan fingerprint density at radius 1 is 1.11 bits per heavy atom. The Bertz CT molecular complexity index is 901. The van der Waals surface area contributed by atoms with Gasteiger partial charge < -0.3 is 31.3 Å².